The fourth-order valence-corrected chi connectivity index (χ4v) is 7.13. The van der Waals surface area contributed by atoms with Gasteiger partial charge in [0.2, 0.25) is 5.91 Å². The molecule has 0 spiro atoms. The Balaban J connectivity index is 0.00000129. The van der Waals surface area contributed by atoms with E-state index in [2.05, 4.69) is 24.5 Å². The number of carbonyl (C=O) groups is 1. The lowest BCUT2D eigenvalue weighted by Crippen LogP contribution is -2.50. The van der Waals surface area contributed by atoms with Gasteiger partial charge in [-0.25, -0.2) is 8.42 Å². The van der Waals surface area contributed by atoms with E-state index >= 15 is 0 Å². The van der Waals surface area contributed by atoms with Crippen molar-refractivity contribution in [2.75, 3.05) is 12.9 Å². The van der Waals surface area contributed by atoms with Crippen molar-refractivity contribution in [1.82, 2.24) is 10.6 Å². The van der Waals surface area contributed by atoms with Gasteiger partial charge in [0, 0.05) is 18.0 Å². The number of unbranched alkanes of at least 4 members (excludes halogenated alkanes) is 1. The molecule has 10 nitrogen and oxygen atoms in total. The quantitative estimate of drug-likeness (QED) is 0.422. The lowest BCUT2D eigenvalue weighted by Gasteiger charge is -2.36. The van der Waals surface area contributed by atoms with Gasteiger partial charge in [0.15, 0.2) is 9.84 Å². The number of hydrogen-bond donors (Lipinski definition) is 2. The van der Waals surface area contributed by atoms with Crippen LogP contribution in [0.15, 0.2) is 47.4 Å². The zero-order chi connectivity index (χ0) is 31.1. The maximum Gasteiger partial charge on any atom is 0.373 e. The Morgan fingerprint density at radius 2 is 1.71 bits per heavy atom. The van der Waals surface area contributed by atoms with Gasteiger partial charge in [-0.05, 0) is 61.9 Å². The van der Waals surface area contributed by atoms with Gasteiger partial charge in [-0.1, -0.05) is 57.0 Å². The topological polar surface area (TPSA) is 153 Å². The third-order valence-corrected chi connectivity index (χ3v) is 8.82. The highest BCUT2D eigenvalue weighted by atomic mass is 32.2. The van der Waals surface area contributed by atoms with Gasteiger partial charge in [-0.2, -0.15) is 19.2 Å². The highest BCUT2D eigenvalue weighted by Gasteiger charge is 2.42. The Morgan fingerprint density at radius 3 is 2.22 bits per heavy atom. The number of amides is 1. The first kappa shape index (κ1) is 35.4. The van der Waals surface area contributed by atoms with E-state index in [4.69, 9.17) is 23.9 Å². The van der Waals surface area contributed by atoms with Crippen LogP contribution >= 0.6 is 0 Å². The van der Waals surface area contributed by atoms with E-state index in [0.717, 1.165) is 30.4 Å². The standard InChI is InChI=1S/C28H40N2O4S.2CO2/c1-6-8-16-28(7-2)19-35(32,33)25-17-22(14-15-26(31)29-20(3)4)24(34-5)18-23(25)27(30-28)21-12-10-9-11-13-21;2*2-1-3/h9-13,17-18,20,27,30H,6-8,14-16,19H2,1-5H3,(H,29,31);;/t27-,28-;;/m1../s1. The van der Waals surface area contributed by atoms with Crippen molar-refractivity contribution in [2.24, 2.45) is 0 Å². The molecular formula is C30H40N2O8S. The predicted molar refractivity (Wildman–Crippen MR) is 151 cm³/mol. The molecule has 0 saturated heterocycles. The zero-order valence-corrected chi connectivity index (χ0v) is 25.1. The van der Waals surface area contributed by atoms with Crippen LogP contribution in [0.4, 0.5) is 0 Å². The lowest BCUT2D eigenvalue weighted by atomic mass is 9.87. The summed E-state index contributed by atoms with van der Waals surface area (Å²) < 4.78 is 33.5. The zero-order valence-electron chi connectivity index (χ0n) is 24.3. The average molecular weight is 589 g/mol. The Morgan fingerprint density at radius 1 is 1.10 bits per heavy atom. The Hall–Kier alpha value is -3.62. The SMILES string of the molecule is CCCC[C@]1(CC)CS(=O)(=O)c2cc(CCC(=O)NC(C)C)c(OC)cc2[C@@H](c2ccccc2)N1.O=C=O.O=C=O. The average Bonchev–Trinajstić information content (AvgIpc) is 3.03. The Labute approximate surface area is 242 Å². The number of ether oxygens (including phenoxy) is 1. The number of fused-ring (bicyclic) bond motifs is 1. The Bertz CT molecular complexity index is 1290. The third kappa shape index (κ3) is 10.4. The minimum atomic E-state index is -3.59. The van der Waals surface area contributed by atoms with E-state index in [1.54, 1.807) is 13.2 Å². The van der Waals surface area contributed by atoms with Gasteiger partial charge in [-0.15, -0.1) is 0 Å². The normalized spacial score (nSPS) is 18.5. The summed E-state index contributed by atoms with van der Waals surface area (Å²) in [6, 6.07) is 13.4. The number of nitrogens with one attached hydrogen (secondary N) is 2. The summed E-state index contributed by atoms with van der Waals surface area (Å²) in [5, 5.41) is 6.68. The van der Waals surface area contributed by atoms with Crippen LogP contribution in [0.3, 0.4) is 0 Å². The molecule has 0 unspecified atom stereocenters. The largest absolute Gasteiger partial charge is 0.496 e. The van der Waals surface area contributed by atoms with Gasteiger partial charge in [0.05, 0.1) is 23.8 Å². The molecule has 0 aromatic heterocycles. The molecule has 224 valence electrons. The molecule has 1 heterocycles. The molecule has 0 fully saturated rings. The van der Waals surface area contributed by atoms with E-state index in [-0.39, 0.29) is 42.5 Å². The van der Waals surface area contributed by atoms with E-state index in [1.807, 2.05) is 50.2 Å². The molecule has 0 radical (unpaired) electrons. The maximum absolute atomic E-state index is 13.9. The molecule has 0 aliphatic carbocycles. The number of carbonyl (C=O) groups excluding carboxylic acids is 5. The molecule has 1 amide bonds. The first-order valence-corrected chi connectivity index (χ1v) is 15.2. The van der Waals surface area contributed by atoms with Crippen LogP contribution in [-0.4, -0.2) is 51.1 Å². The predicted octanol–water partition coefficient (Wildman–Crippen LogP) is 3.79. The van der Waals surface area contributed by atoms with Crippen molar-refractivity contribution in [2.45, 2.75) is 88.7 Å². The molecule has 41 heavy (non-hydrogen) atoms. The van der Waals surface area contributed by atoms with Crippen LogP contribution < -0.4 is 15.4 Å². The first-order chi connectivity index (χ1) is 19.5. The summed E-state index contributed by atoms with van der Waals surface area (Å²) in [5.74, 6) is 0.594. The van der Waals surface area contributed by atoms with E-state index in [1.165, 1.54) is 0 Å². The van der Waals surface area contributed by atoms with Gasteiger partial charge >= 0.3 is 12.3 Å². The van der Waals surface area contributed by atoms with E-state index in [0.29, 0.717) is 29.1 Å². The fourth-order valence-electron chi connectivity index (χ4n) is 4.96. The van der Waals surface area contributed by atoms with Crippen LogP contribution in [0, 0.1) is 0 Å². The fraction of sp³-hybridized carbons (Fsp3) is 0.500. The first-order valence-electron chi connectivity index (χ1n) is 13.5. The second kappa shape index (κ2) is 17.3. The minimum absolute atomic E-state index is 0.0481. The number of rotatable bonds is 10. The highest BCUT2D eigenvalue weighted by Crippen LogP contribution is 2.41. The van der Waals surface area contributed by atoms with Crippen LogP contribution in [0.2, 0.25) is 0 Å². The molecule has 2 N–H and O–H groups in total. The van der Waals surface area contributed by atoms with Crippen molar-refractivity contribution in [1.29, 1.82) is 0 Å². The Kier molecular flexibility index (Phi) is 14.9. The van der Waals surface area contributed by atoms with E-state index < -0.39 is 15.4 Å². The van der Waals surface area contributed by atoms with Gasteiger partial charge in [0.1, 0.15) is 5.75 Å². The van der Waals surface area contributed by atoms with Gasteiger partial charge in [-0.3, -0.25) is 10.1 Å². The highest BCUT2D eigenvalue weighted by molar-refractivity contribution is 7.91. The third-order valence-electron chi connectivity index (χ3n) is 6.87. The molecule has 0 bridgehead atoms. The molecule has 1 aliphatic heterocycles. The summed E-state index contributed by atoms with van der Waals surface area (Å²) in [6.07, 6.45) is 4.63. The molecule has 11 heteroatoms. The second-order valence-electron chi connectivity index (χ2n) is 10.1. The molecule has 3 rings (SSSR count). The maximum atomic E-state index is 13.9. The van der Waals surface area contributed by atoms with Crippen LogP contribution in [-0.2, 0) is 40.2 Å². The van der Waals surface area contributed by atoms with Crippen molar-refractivity contribution < 1.29 is 37.1 Å². The number of methoxy groups -OCH3 is 1. The summed E-state index contributed by atoms with van der Waals surface area (Å²) in [5.41, 5.74) is 1.93. The number of aryl methyl sites for hydroxylation is 1. The van der Waals surface area contributed by atoms with Crippen molar-refractivity contribution in [3.63, 3.8) is 0 Å². The number of hydrogen-bond acceptors (Lipinski definition) is 9. The number of benzene rings is 2. The summed E-state index contributed by atoms with van der Waals surface area (Å²) >= 11 is 0. The second-order valence-corrected chi connectivity index (χ2v) is 12.0. The van der Waals surface area contributed by atoms with Crippen LogP contribution in [0.25, 0.3) is 0 Å². The summed E-state index contributed by atoms with van der Waals surface area (Å²) in [6.45, 7) is 8.03. The van der Waals surface area contributed by atoms with Crippen molar-refractivity contribution in [3.05, 3.63) is 59.2 Å². The van der Waals surface area contributed by atoms with E-state index in [9.17, 15) is 13.2 Å². The minimum Gasteiger partial charge on any atom is -0.496 e. The molecule has 2 atom stereocenters. The van der Waals surface area contributed by atoms with Crippen LogP contribution in [0.1, 0.15) is 82.5 Å². The molecular weight excluding hydrogens is 548 g/mol. The molecule has 0 saturated carbocycles. The van der Waals surface area contributed by atoms with Crippen molar-refractivity contribution in [3.8, 4) is 5.75 Å². The molecule has 2 aromatic rings. The summed E-state index contributed by atoms with van der Waals surface area (Å²) in [7, 11) is -2.00. The monoisotopic (exact) mass is 588 g/mol. The summed E-state index contributed by atoms with van der Waals surface area (Å²) in [4.78, 5) is 45.1. The van der Waals surface area contributed by atoms with Gasteiger partial charge in [0.25, 0.3) is 0 Å². The smallest absolute Gasteiger partial charge is 0.373 e. The molecule has 1 aliphatic rings. The van der Waals surface area contributed by atoms with Crippen molar-refractivity contribution >= 4 is 28.0 Å². The lowest BCUT2D eigenvalue weighted by molar-refractivity contribution is -0.193. The number of sulfone groups is 1. The van der Waals surface area contributed by atoms with Gasteiger partial charge < -0.3 is 10.1 Å². The molecule has 2 aromatic carbocycles. The van der Waals surface area contributed by atoms with Crippen LogP contribution in [0.5, 0.6) is 5.75 Å².